The Kier molecular flexibility index (Phi) is 7.33. The van der Waals surface area contributed by atoms with E-state index in [1.807, 2.05) is 31.2 Å². The highest BCUT2D eigenvalue weighted by atomic mass is 32.1. The van der Waals surface area contributed by atoms with E-state index in [9.17, 15) is 0 Å². The lowest BCUT2D eigenvalue weighted by Gasteiger charge is -2.25. The summed E-state index contributed by atoms with van der Waals surface area (Å²) < 4.78 is 11.3. The summed E-state index contributed by atoms with van der Waals surface area (Å²) >= 11 is 4.97. The molecule has 20 heavy (non-hydrogen) atoms. The van der Waals surface area contributed by atoms with Crippen molar-refractivity contribution in [3.05, 3.63) is 24.3 Å². The van der Waals surface area contributed by atoms with E-state index >= 15 is 0 Å². The van der Waals surface area contributed by atoms with Crippen molar-refractivity contribution in [1.29, 1.82) is 0 Å². The minimum Gasteiger partial charge on any atom is -0.490 e. The fraction of sp³-hybridized carbons (Fsp3) is 0.533. The molecule has 1 aromatic carbocycles. The van der Waals surface area contributed by atoms with Crippen molar-refractivity contribution in [2.45, 2.75) is 26.8 Å². The summed E-state index contributed by atoms with van der Waals surface area (Å²) in [6.07, 6.45) is 0. The highest BCUT2D eigenvalue weighted by Gasteiger charge is 2.11. The Balaban J connectivity index is 2.52. The monoisotopic (exact) mass is 296 g/mol. The molecule has 0 atom stereocenters. The Morgan fingerprint density at radius 1 is 1.25 bits per heavy atom. The lowest BCUT2D eigenvalue weighted by Crippen LogP contribution is -2.40. The lowest BCUT2D eigenvalue weighted by atomic mass is 10.3. The molecule has 0 unspecified atom stereocenters. The number of thiocarbonyl (C=S) groups is 1. The van der Waals surface area contributed by atoms with Crippen molar-refractivity contribution in [2.24, 2.45) is 5.73 Å². The number of hydrogen-bond donors (Lipinski definition) is 1. The molecule has 0 heterocycles. The van der Waals surface area contributed by atoms with E-state index in [1.165, 1.54) is 0 Å². The summed E-state index contributed by atoms with van der Waals surface area (Å²) in [5.41, 5.74) is 5.61. The van der Waals surface area contributed by atoms with Gasteiger partial charge in [-0.3, -0.25) is 4.90 Å². The summed E-state index contributed by atoms with van der Waals surface area (Å²) in [5, 5.41) is 0. The van der Waals surface area contributed by atoms with Gasteiger partial charge >= 0.3 is 0 Å². The topological polar surface area (TPSA) is 47.7 Å². The molecule has 0 aromatic heterocycles. The second kappa shape index (κ2) is 8.76. The number of hydrogen-bond acceptors (Lipinski definition) is 4. The van der Waals surface area contributed by atoms with E-state index in [2.05, 4.69) is 18.7 Å². The summed E-state index contributed by atoms with van der Waals surface area (Å²) in [5.74, 6) is 1.55. The second-order valence-corrected chi connectivity index (χ2v) is 5.28. The third kappa shape index (κ3) is 5.75. The van der Waals surface area contributed by atoms with Gasteiger partial charge in [0.15, 0.2) is 11.5 Å². The summed E-state index contributed by atoms with van der Waals surface area (Å²) in [4.78, 5) is 2.69. The van der Waals surface area contributed by atoms with Crippen LogP contribution in [0.3, 0.4) is 0 Å². The molecule has 0 saturated carbocycles. The van der Waals surface area contributed by atoms with Gasteiger partial charge in [0.2, 0.25) is 0 Å². The van der Waals surface area contributed by atoms with E-state index in [1.54, 1.807) is 0 Å². The van der Waals surface area contributed by atoms with Crippen LogP contribution in [0.25, 0.3) is 0 Å². The minimum absolute atomic E-state index is 0.377. The minimum atomic E-state index is 0.377. The van der Waals surface area contributed by atoms with Gasteiger partial charge < -0.3 is 15.2 Å². The Morgan fingerprint density at radius 3 is 2.35 bits per heavy atom. The van der Waals surface area contributed by atoms with Crippen LogP contribution in [-0.4, -0.2) is 42.2 Å². The van der Waals surface area contributed by atoms with Gasteiger partial charge in [-0.2, -0.15) is 0 Å². The molecule has 112 valence electrons. The Labute approximate surface area is 126 Å². The first-order valence-electron chi connectivity index (χ1n) is 6.91. The molecule has 0 radical (unpaired) electrons. The number of benzene rings is 1. The zero-order valence-electron chi connectivity index (χ0n) is 12.5. The van der Waals surface area contributed by atoms with Gasteiger partial charge in [0.05, 0.1) is 11.6 Å². The maximum atomic E-state index is 5.80. The standard InChI is InChI=1S/C15H24N2O2S/c1-4-18-13-7-5-6-8-14(13)19-10-9-17(12(2)3)11-15(16)20/h5-8,12H,4,9-11H2,1-3H3,(H2,16,20). The number of nitrogens with two attached hydrogens (primary N) is 1. The van der Waals surface area contributed by atoms with Crippen LogP contribution in [0.4, 0.5) is 0 Å². The molecule has 1 aromatic rings. The maximum Gasteiger partial charge on any atom is 0.161 e. The second-order valence-electron chi connectivity index (χ2n) is 4.76. The number of rotatable bonds is 9. The molecule has 4 nitrogen and oxygen atoms in total. The number of ether oxygens (including phenoxy) is 2. The molecule has 0 spiro atoms. The van der Waals surface area contributed by atoms with Crippen LogP contribution in [0.1, 0.15) is 20.8 Å². The van der Waals surface area contributed by atoms with Gasteiger partial charge in [-0.1, -0.05) is 24.4 Å². The van der Waals surface area contributed by atoms with Crippen LogP contribution < -0.4 is 15.2 Å². The van der Waals surface area contributed by atoms with Crippen molar-refractivity contribution in [3.8, 4) is 11.5 Å². The third-order valence-corrected chi connectivity index (χ3v) is 3.00. The molecule has 0 aliphatic heterocycles. The summed E-state index contributed by atoms with van der Waals surface area (Å²) in [6.45, 7) is 8.78. The average Bonchev–Trinajstić information content (AvgIpc) is 2.39. The average molecular weight is 296 g/mol. The predicted octanol–water partition coefficient (Wildman–Crippen LogP) is 2.46. The van der Waals surface area contributed by atoms with Crippen molar-refractivity contribution < 1.29 is 9.47 Å². The quantitative estimate of drug-likeness (QED) is 0.709. The maximum absolute atomic E-state index is 5.80. The van der Waals surface area contributed by atoms with E-state index < -0.39 is 0 Å². The lowest BCUT2D eigenvalue weighted by molar-refractivity contribution is 0.191. The molecule has 0 amide bonds. The van der Waals surface area contributed by atoms with E-state index in [-0.39, 0.29) is 0 Å². The van der Waals surface area contributed by atoms with Crippen molar-refractivity contribution in [1.82, 2.24) is 4.90 Å². The fourth-order valence-electron chi connectivity index (χ4n) is 1.84. The normalized spacial score (nSPS) is 10.8. The molecule has 5 heteroatoms. The predicted molar refractivity (Wildman–Crippen MR) is 86.6 cm³/mol. The van der Waals surface area contributed by atoms with Crippen LogP contribution in [-0.2, 0) is 0 Å². The van der Waals surface area contributed by atoms with Gasteiger partial charge in [0.1, 0.15) is 6.61 Å². The summed E-state index contributed by atoms with van der Waals surface area (Å²) in [7, 11) is 0. The third-order valence-electron chi connectivity index (χ3n) is 2.87. The number of nitrogens with zero attached hydrogens (tertiary/aromatic N) is 1. The van der Waals surface area contributed by atoms with Gasteiger partial charge in [0.25, 0.3) is 0 Å². The molecule has 0 bridgehead atoms. The van der Waals surface area contributed by atoms with Crippen molar-refractivity contribution in [2.75, 3.05) is 26.3 Å². The molecule has 0 aliphatic rings. The number of para-hydroxylation sites is 2. The van der Waals surface area contributed by atoms with Crippen molar-refractivity contribution in [3.63, 3.8) is 0 Å². The molecule has 0 saturated heterocycles. The van der Waals surface area contributed by atoms with Crippen LogP contribution >= 0.6 is 12.2 Å². The van der Waals surface area contributed by atoms with Crippen LogP contribution in [0.5, 0.6) is 11.5 Å². The first-order chi connectivity index (χ1) is 9.54. The smallest absolute Gasteiger partial charge is 0.161 e. The van der Waals surface area contributed by atoms with E-state index in [0.29, 0.717) is 30.8 Å². The van der Waals surface area contributed by atoms with Gasteiger partial charge in [-0.05, 0) is 32.9 Å². The Bertz CT molecular complexity index is 424. The molecular weight excluding hydrogens is 272 g/mol. The molecule has 2 N–H and O–H groups in total. The van der Waals surface area contributed by atoms with Crippen LogP contribution in [0.15, 0.2) is 24.3 Å². The highest BCUT2D eigenvalue weighted by molar-refractivity contribution is 7.80. The van der Waals surface area contributed by atoms with Crippen molar-refractivity contribution >= 4 is 17.2 Å². The Morgan fingerprint density at radius 2 is 1.85 bits per heavy atom. The largest absolute Gasteiger partial charge is 0.490 e. The van der Waals surface area contributed by atoms with Gasteiger partial charge in [-0.25, -0.2) is 0 Å². The first kappa shape index (κ1) is 16.7. The zero-order valence-corrected chi connectivity index (χ0v) is 13.3. The fourth-order valence-corrected chi connectivity index (χ4v) is 2.00. The highest BCUT2D eigenvalue weighted by Crippen LogP contribution is 2.26. The van der Waals surface area contributed by atoms with Gasteiger partial charge in [0, 0.05) is 19.1 Å². The van der Waals surface area contributed by atoms with E-state index in [4.69, 9.17) is 27.4 Å². The molecular formula is C15H24N2O2S. The molecule has 1 rings (SSSR count). The Hall–Kier alpha value is -1.33. The van der Waals surface area contributed by atoms with Crippen LogP contribution in [0.2, 0.25) is 0 Å². The molecule has 0 fully saturated rings. The SMILES string of the molecule is CCOc1ccccc1OCCN(CC(N)=S)C(C)C. The summed E-state index contributed by atoms with van der Waals surface area (Å²) in [6, 6.07) is 8.08. The van der Waals surface area contributed by atoms with E-state index in [0.717, 1.165) is 18.0 Å². The molecule has 0 aliphatic carbocycles. The van der Waals surface area contributed by atoms with Crippen LogP contribution in [0, 0.1) is 0 Å². The first-order valence-corrected chi connectivity index (χ1v) is 7.32. The zero-order chi connectivity index (χ0) is 15.0. The van der Waals surface area contributed by atoms with Gasteiger partial charge in [-0.15, -0.1) is 0 Å².